The Hall–Kier alpha value is -1.81. The summed E-state index contributed by atoms with van der Waals surface area (Å²) in [5.41, 5.74) is 8.00. The van der Waals surface area contributed by atoms with Crippen molar-refractivity contribution in [3.8, 4) is 11.1 Å². The molecule has 0 aliphatic carbocycles. The molecule has 0 heterocycles. The van der Waals surface area contributed by atoms with E-state index in [1.807, 2.05) is 31.2 Å². The van der Waals surface area contributed by atoms with Crippen LogP contribution in [-0.4, -0.2) is 0 Å². The molecule has 0 saturated heterocycles. The van der Waals surface area contributed by atoms with E-state index in [2.05, 4.69) is 0 Å². The number of alkyl halides is 3. The fourth-order valence-corrected chi connectivity index (χ4v) is 1.93. The van der Waals surface area contributed by atoms with Crippen molar-refractivity contribution in [1.29, 1.82) is 0 Å². The number of hydrogen-bond donors (Lipinski definition) is 1. The Bertz CT molecular complexity index is 571. The van der Waals surface area contributed by atoms with E-state index in [0.717, 1.165) is 23.3 Å². The fourth-order valence-electron chi connectivity index (χ4n) is 1.93. The summed E-state index contributed by atoms with van der Waals surface area (Å²) >= 11 is 0. The molecule has 0 atom stereocenters. The highest BCUT2D eigenvalue weighted by molar-refractivity contribution is 5.68. The maximum atomic E-state index is 12.8. The van der Waals surface area contributed by atoms with Crippen molar-refractivity contribution in [3.63, 3.8) is 0 Å². The Kier molecular flexibility index (Phi) is 3.62. The van der Waals surface area contributed by atoms with E-state index in [-0.39, 0.29) is 6.54 Å². The van der Waals surface area contributed by atoms with Gasteiger partial charge >= 0.3 is 6.18 Å². The minimum absolute atomic E-state index is 0.210. The molecule has 2 N–H and O–H groups in total. The number of halogens is 3. The van der Waals surface area contributed by atoms with Crippen LogP contribution in [0.2, 0.25) is 0 Å². The molecular weight excluding hydrogens is 251 g/mol. The summed E-state index contributed by atoms with van der Waals surface area (Å²) in [7, 11) is 0. The molecule has 0 fully saturated rings. The summed E-state index contributed by atoms with van der Waals surface area (Å²) in [6.45, 7) is 2.14. The average Bonchev–Trinajstić information content (AvgIpc) is 2.38. The van der Waals surface area contributed by atoms with E-state index >= 15 is 0 Å². The summed E-state index contributed by atoms with van der Waals surface area (Å²) in [5.74, 6) is 0. The van der Waals surface area contributed by atoms with Crippen LogP contribution < -0.4 is 5.73 Å². The van der Waals surface area contributed by atoms with Gasteiger partial charge in [0.05, 0.1) is 5.56 Å². The van der Waals surface area contributed by atoms with E-state index in [0.29, 0.717) is 11.1 Å². The van der Waals surface area contributed by atoms with Crippen molar-refractivity contribution < 1.29 is 13.2 Å². The van der Waals surface area contributed by atoms with Crippen LogP contribution in [0.15, 0.2) is 42.5 Å². The van der Waals surface area contributed by atoms with E-state index in [4.69, 9.17) is 5.73 Å². The summed E-state index contributed by atoms with van der Waals surface area (Å²) < 4.78 is 38.3. The number of benzene rings is 2. The van der Waals surface area contributed by atoms with Gasteiger partial charge < -0.3 is 5.73 Å². The summed E-state index contributed by atoms with van der Waals surface area (Å²) in [5, 5.41) is 0. The van der Waals surface area contributed by atoms with Crippen molar-refractivity contribution >= 4 is 0 Å². The molecule has 0 aromatic heterocycles. The molecule has 4 heteroatoms. The SMILES string of the molecule is Cc1ccc(-c2cc(C(F)(F)F)ccc2CN)cc1. The molecular formula is C15H14F3N. The second-order valence-electron chi connectivity index (χ2n) is 4.44. The highest BCUT2D eigenvalue weighted by Gasteiger charge is 2.30. The van der Waals surface area contributed by atoms with Gasteiger partial charge in [-0.05, 0) is 35.7 Å². The zero-order valence-corrected chi connectivity index (χ0v) is 10.5. The van der Waals surface area contributed by atoms with Crippen molar-refractivity contribution in [2.75, 3.05) is 0 Å². The Balaban J connectivity index is 2.56. The molecule has 1 nitrogen and oxygen atoms in total. The van der Waals surface area contributed by atoms with E-state index < -0.39 is 11.7 Å². The molecule has 0 saturated carbocycles. The molecule has 100 valence electrons. The smallest absolute Gasteiger partial charge is 0.326 e. The van der Waals surface area contributed by atoms with Crippen LogP contribution >= 0.6 is 0 Å². The van der Waals surface area contributed by atoms with Crippen LogP contribution in [-0.2, 0) is 12.7 Å². The first-order chi connectivity index (χ1) is 8.91. The molecule has 0 aliphatic heterocycles. The van der Waals surface area contributed by atoms with Gasteiger partial charge in [-0.15, -0.1) is 0 Å². The Morgan fingerprint density at radius 3 is 2.16 bits per heavy atom. The molecule has 2 aromatic rings. The van der Waals surface area contributed by atoms with Crippen molar-refractivity contribution in [2.24, 2.45) is 5.73 Å². The molecule has 2 rings (SSSR count). The Labute approximate surface area is 109 Å². The zero-order valence-electron chi connectivity index (χ0n) is 10.5. The molecule has 0 spiro atoms. The first-order valence-electron chi connectivity index (χ1n) is 5.89. The molecule has 0 amide bonds. The monoisotopic (exact) mass is 265 g/mol. The number of aryl methyl sites for hydroxylation is 1. The van der Waals surface area contributed by atoms with Crippen LogP contribution in [0.3, 0.4) is 0 Å². The standard InChI is InChI=1S/C15H14F3N/c1-10-2-4-11(5-3-10)14-8-13(15(16,17)18)7-6-12(14)9-19/h2-8H,9,19H2,1H3. The normalized spacial score (nSPS) is 11.6. The predicted molar refractivity (Wildman–Crippen MR) is 69.5 cm³/mol. The lowest BCUT2D eigenvalue weighted by molar-refractivity contribution is -0.137. The van der Waals surface area contributed by atoms with E-state index in [1.54, 1.807) is 0 Å². The average molecular weight is 265 g/mol. The van der Waals surface area contributed by atoms with E-state index in [1.165, 1.54) is 6.07 Å². The largest absolute Gasteiger partial charge is 0.416 e. The third-order valence-electron chi connectivity index (χ3n) is 3.02. The van der Waals surface area contributed by atoms with Crippen LogP contribution in [0.1, 0.15) is 16.7 Å². The molecule has 0 unspecified atom stereocenters. The summed E-state index contributed by atoms with van der Waals surface area (Å²) in [6.07, 6.45) is -4.34. The fraction of sp³-hybridized carbons (Fsp3) is 0.200. The maximum Gasteiger partial charge on any atom is 0.416 e. The number of hydrogen-bond acceptors (Lipinski definition) is 1. The van der Waals surface area contributed by atoms with Crippen LogP contribution in [0.25, 0.3) is 11.1 Å². The lowest BCUT2D eigenvalue weighted by atomic mass is 9.96. The highest BCUT2D eigenvalue weighted by atomic mass is 19.4. The van der Waals surface area contributed by atoms with Crippen molar-refractivity contribution in [1.82, 2.24) is 0 Å². The quantitative estimate of drug-likeness (QED) is 0.867. The van der Waals surface area contributed by atoms with Gasteiger partial charge in [-0.25, -0.2) is 0 Å². The van der Waals surface area contributed by atoms with Gasteiger partial charge in [0.25, 0.3) is 0 Å². The molecule has 2 aromatic carbocycles. The van der Waals surface area contributed by atoms with Crippen LogP contribution in [0.4, 0.5) is 13.2 Å². The predicted octanol–water partition coefficient (Wildman–Crippen LogP) is 4.14. The van der Waals surface area contributed by atoms with E-state index in [9.17, 15) is 13.2 Å². The first-order valence-corrected chi connectivity index (χ1v) is 5.89. The number of nitrogens with two attached hydrogens (primary N) is 1. The third-order valence-corrected chi connectivity index (χ3v) is 3.02. The highest BCUT2D eigenvalue weighted by Crippen LogP contribution is 2.34. The zero-order chi connectivity index (χ0) is 14.0. The second-order valence-corrected chi connectivity index (χ2v) is 4.44. The van der Waals surface area contributed by atoms with Crippen molar-refractivity contribution in [3.05, 3.63) is 59.2 Å². The molecule has 0 bridgehead atoms. The minimum atomic E-state index is -4.34. The van der Waals surface area contributed by atoms with Gasteiger partial charge in [0.1, 0.15) is 0 Å². The summed E-state index contributed by atoms with van der Waals surface area (Å²) in [6, 6.07) is 11.0. The topological polar surface area (TPSA) is 26.0 Å². The van der Waals surface area contributed by atoms with Gasteiger partial charge in [0, 0.05) is 6.54 Å². The van der Waals surface area contributed by atoms with Gasteiger partial charge in [0.2, 0.25) is 0 Å². The Morgan fingerprint density at radius 2 is 1.63 bits per heavy atom. The second kappa shape index (κ2) is 5.05. The number of rotatable bonds is 2. The van der Waals surface area contributed by atoms with Crippen molar-refractivity contribution in [2.45, 2.75) is 19.6 Å². The van der Waals surface area contributed by atoms with Crippen LogP contribution in [0, 0.1) is 6.92 Å². The van der Waals surface area contributed by atoms with Gasteiger partial charge in [-0.2, -0.15) is 13.2 Å². The lowest BCUT2D eigenvalue weighted by Crippen LogP contribution is -2.07. The first kappa shape index (κ1) is 13.6. The summed E-state index contributed by atoms with van der Waals surface area (Å²) in [4.78, 5) is 0. The van der Waals surface area contributed by atoms with Crippen LogP contribution in [0.5, 0.6) is 0 Å². The minimum Gasteiger partial charge on any atom is -0.326 e. The third kappa shape index (κ3) is 2.96. The molecule has 0 aliphatic rings. The lowest BCUT2D eigenvalue weighted by Gasteiger charge is -2.13. The Morgan fingerprint density at radius 1 is 1.00 bits per heavy atom. The van der Waals surface area contributed by atoms with Gasteiger partial charge in [-0.1, -0.05) is 35.9 Å². The maximum absolute atomic E-state index is 12.8. The molecule has 0 radical (unpaired) electrons. The van der Waals surface area contributed by atoms with Gasteiger partial charge in [0.15, 0.2) is 0 Å². The molecule has 19 heavy (non-hydrogen) atoms. The van der Waals surface area contributed by atoms with Gasteiger partial charge in [-0.3, -0.25) is 0 Å².